The number of rotatable bonds is 2. The summed E-state index contributed by atoms with van der Waals surface area (Å²) in [4.78, 5) is 11.0. The van der Waals surface area contributed by atoms with Crippen molar-refractivity contribution in [3.63, 3.8) is 0 Å². The lowest BCUT2D eigenvalue weighted by Gasteiger charge is -2.08. The van der Waals surface area contributed by atoms with E-state index in [-0.39, 0.29) is 18.2 Å². The molecule has 1 rings (SSSR count). The average Bonchev–Trinajstić information content (AvgIpc) is 2.19. The van der Waals surface area contributed by atoms with Gasteiger partial charge in [-0.15, -0.1) is 0 Å². The molecular formula is C11H13FO2. The standard InChI is InChI=1S/C11H13FO2/c1-7-8(2)10(12)5-4-9(7)6-11(13)14-3/h4-5H,6H2,1-3H3. The molecule has 0 saturated heterocycles. The van der Waals surface area contributed by atoms with Crippen LogP contribution in [-0.2, 0) is 16.0 Å². The number of carbonyl (C=O) groups is 1. The smallest absolute Gasteiger partial charge is 0.309 e. The topological polar surface area (TPSA) is 26.3 Å². The van der Waals surface area contributed by atoms with Gasteiger partial charge < -0.3 is 4.74 Å². The van der Waals surface area contributed by atoms with Crippen LogP contribution in [0.25, 0.3) is 0 Å². The second kappa shape index (κ2) is 4.22. The van der Waals surface area contributed by atoms with Crippen molar-refractivity contribution >= 4 is 5.97 Å². The molecule has 0 aliphatic heterocycles. The normalized spacial score (nSPS) is 10.0. The highest BCUT2D eigenvalue weighted by molar-refractivity contribution is 5.73. The van der Waals surface area contributed by atoms with Gasteiger partial charge in [-0.3, -0.25) is 4.79 Å². The molecule has 2 nitrogen and oxygen atoms in total. The summed E-state index contributed by atoms with van der Waals surface area (Å²) in [5.74, 6) is -0.546. The van der Waals surface area contributed by atoms with Gasteiger partial charge in [0, 0.05) is 0 Å². The van der Waals surface area contributed by atoms with E-state index in [9.17, 15) is 9.18 Å². The summed E-state index contributed by atoms with van der Waals surface area (Å²) in [6, 6.07) is 3.00. The zero-order valence-electron chi connectivity index (χ0n) is 8.56. The quantitative estimate of drug-likeness (QED) is 0.677. The van der Waals surface area contributed by atoms with Gasteiger partial charge in [-0.05, 0) is 36.6 Å². The van der Waals surface area contributed by atoms with Gasteiger partial charge in [0.25, 0.3) is 0 Å². The summed E-state index contributed by atoms with van der Waals surface area (Å²) in [6.45, 7) is 3.50. The van der Waals surface area contributed by atoms with Gasteiger partial charge in [0.05, 0.1) is 13.5 Å². The highest BCUT2D eigenvalue weighted by Gasteiger charge is 2.09. The minimum absolute atomic E-state index is 0.198. The van der Waals surface area contributed by atoms with Crippen LogP contribution in [0, 0.1) is 19.7 Å². The number of carbonyl (C=O) groups excluding carboxylic acids is 1. The summed E-state index contributed by atoms with van der Waals surface area (Å²) in [5, 5.41) is 0. The molecule has 0 spiro atoms. The molecule has 0 saturated carbocycles. The number of esters is 1. The van der Waals surface area contributed by atoms with Gasteiger partial charge in [-0.2, -0.15) is 0 Å². The number of ether oxygens (including phenoxy) is 1. The number of halogens is 1. The lowest BCUT2D eigenvalue weighted by Crippen LogP contribution is -2.07. The third-order valence-corrected chi connectivity index (χ3v) is 2.40. The number of hydrogen-bond acceptors (Lipinski definition) is 2. The second-order valence-corrected chi connectivity index (χ2v) is 3.21. The first-order chi connectivity index (χ1) is 6.56. The maximum Gasteiger partial charge on any atom is 0.309 e. The van der Waals surface area contributed by atoms with Gasteiger partial charge in [0.1, 0.15) is 5.82 Å². The molecule has 0 N–H and O–H groups in total. The highest BCUT2D eigenvalue weighted by Crippen LogP contribution is 2.17. The summed E-state index contributed by atoms with van der Waals surface area (Å²) < 4.78 is 17.6. The second-order valence-electron chi connectivity index (χ2n) is 3.21. The zero-order valence-corrected chi connectivity index (χ0v) is 8.56. The molecule has 76 valence electrons. The van der Waals surface area contributed by atoms with Crippen LogP contribution in [-0.4, -0.2) is 13.1 Å². The van der Waals surface area contributed by atoms with Crippen molar-refractivity contribution in [3.8, 4) is 0 Å². The Morgan fingerprint density at radius 1 is 1.36 bits per heavy atom. The Morgan fingerprint density at radius 2 is 2.00 bits per heavy atom. The molecule has 14 heavy (non-hydrogen) atoms. The maximum atomic E-state index is 13.1. The first-order valence-corrected chi connectivity index (χ1v) is 4.37. The van der Waals surface area contributed by atoms with Gasteiger partial charge in [-0.25, -0.2) is 4.39 Å². The first kappa shape index (κ1) is 10.7. The van der Waals surface area contributed by atoms with Crippen LogP contribution in [0.2, 0.25) is 0 Å². The molecule has 1 aromatic rings. The predicted molar refractivity (Wildman–Crippen MR) is 51.6 cm³/mol. The summed E-state index contributed by atoms with van der Waals surface area (Å²) in [6.07, 6.45) is 0.198. The minimum Gasteiger partial charge on any atom is -0.469 e. The van der Waals surface area contributed by atoms with Crippen molar-refractivity contribution in [2.75, 3.05) is 7.11 Å². The fraction of sp³-hybridized carbons (Fsp3) is 0.364. The minimum atomic E-state index is -0.306. The van der Waals surface area contributed by atoms with Crippen LogP contribution in [0.1, 0.15) is 16.7 Å². The maximum absolute atomic E-state index is 13.1. The van der Waals surface area contributed by atoms with Gasteiger partial charge in [0.2, 0.25) is 0 Å². The van der Waals surface area contributed by atoms with E-state index in [2.05, 4.69) is 4.74 Å². The van der Waals surface area contributed by atoms with E-state index in [4.69, 9.17) is 0 Å². The Hall–Kier alpha value is -1.38. The number of hydrogen-bond donors (Lipinski definition) is 0. The lowest BCUT2D eigenvalue weighted by atomic mass is 10.0. The largest absolute Gasteiger partial charge is 0.469 e. The molecule has 0 aliphatic rings. The first-order valence-electron chi connectivity index (χ1n) is 4.37. The molecule has 0 heterocycles. The third kappa shape index (κ3) is 2.10. The highest BCUT2D eigenvalue weighted by atomic mass is 19.1. The van der Waals surface area contributed by atoms with Crippen LogP contribution >= 0.6 is 0 Å². The zero-order chi connectivity index (χ0) is 10.7. The average molecular weight is 196 g/mol. The fourth-order valence-corrected chi connectivity index (χ4v) is 1.26. The van der Waals surface area contributed by atoms with E-state index in [0.29, 0.717) is 5.56 Å². The SMILES string of the molecule is COC(=O)Cc1ccc(F)c(C)c1C. The summed E-state index contributed by atoms with van der Waals surface area (Å²) in [7, 11) is 1.34. The van der Waals surface area contributed by atoms with Gasteiger partial charge in [0.15, 0.2) is 0 Å². The van der Waals surface area contributed by atoms with Crippen molar-refractivity contribution in [2.24, 2.45) is 0 Å². The van der Waals surface area contributed by atoms with E-state index in [1.165, 1.54) is 13.2 Å². The monoisotopic (exact) mass is 196 g/mol. The van der Waals surface area contributed by atoms with Crippen molar-refractivity contribution in [1.29, 1.82) is 0 Å². The van der Waals surface area contributed by atoms with Gasteiger partial charge >= 0.3 is 5.97 Å². The third-order valence-electron chi connectivity index (χ3n) is 2.40. The van der Waals surface area contributed by atoms with Crippen LogP contribution < -0.4 is 0 Å². The Labute approximate surface area is 82.7 Å². The Kier molecular flexibility index (Phi) is 3.23. The Balaban J connectivity index is 3.00. The van der Waals surface area contributed by atoms with Crippen molar-refractivity contribution in [2.45, 2.75) is 20.3 Å². The lowest BCUT2D eigenvalue weighted by molar-refractivity contribution is -0.139. The van der Waals surface area contributed by atoms with Crippen molar-refractivity contribution < 1.29 is 13.9 Å². The molecule has 0 radical (unpaired) electrons. The molecule has 0 unspecified atom stereocenters. The van der Waals surface area contributed by atoms with Crippen LogP contribution in [0.3, 0.4) is 0 Å². The molecular weight excluding hydrogens is 183 g/mol. The van der Waals surface area contributed by atoms with Crippen molar-refractivity contribution in [1.82, 2.24) is 0 Å². The number of methoxy groups -OCH3 is 1. The van der Waals surface area contributed by atoms with Crippen molar-refractivity contribution in [3.05, 3.63) is 34.6 Å². The fourth-order valence-electron chi connectivity index (χ4n) is 1.26. The summed E-state index contributed by atoms with van der Waals surface area (Å²) >= 11 is 0. The van der Waals surface area contributed by atoms with E-state index in [1.807, 2.05) is 0 Å². The predicted octanol–water partition coefficient (Wildman–Crippen LogP) is 2.16. The molecule has 0 aliphatic carbocycles. The van der Waals surface area contributed by atoms with Crippen LogP contribution in [0.4, 0.5) is 4.39 Å². The van der Waals surface area contributed by atoms with E-state index in [1.54, 1.807) is 19.9 Å². The summed E-state index contributed by atoms with van der Waals surface area (Å²) in [5.41, 5.74) is 2.22. The molecule has 0 aromatic heterocycles. The molecule has 1 aromatic carbocycles. The molecule has 3 heteroatoms. The Morgan fingerprint density at radius 3 is 2.57 bits per heavy atom. The molecule has 0 bridgehead atoms. The van der Waals surface area contributed by atoms with E-state index >= 15 is 0 Å². The van der Waals surface area contributed by atoms with Crippen LogP contribution in [0.5, 0.6) is 0 Å². The van der Waals surface area contributed by atoms with E-state index in [0.717, 1.165) is 11.1 Å². The number of benzene rings is 1. The molecule has 0 atom stereocenters. The van der Waals surface area contributed by atoms with Gasteiger partial charge in [-0.1, -0.05) is 6.07 Å². The van der Waals surface area contributed by atoms with Crippen LogP contribution in [0.15, 0.2) is 12.1 Å². The van der Waals surface area contributed by atoms with E-state index < -0.39 is 0 Å². The Bertz CT molecular complexity index is 359. The molecule has 0 fully saturated rings. The molecule has 0 amide bonds.